The first kappa shape index (κ1) is 19.8. The SMILES string of the molecule is Cc1ccccc1[P+](c1ccccc1)(c1ccccc1)c1ccccc1.[I-]. The molecule has 0 unspecified atom stereocenters. The van der Waals surface area contributed by atoms with E-state index in [1.807, 2.05) is 0 Å². The van der Waals surface area contributed by atoms with Crippen LogP contribution in [0.25, 0.3) is 0 Å². The second-order valence-corrected chi connectivity index (χ2v) is 9.84. The van der Waals surface area contributed by atoms with Crippen molar-refractivity contribution in [1.29, 1.82) is 0 Å². The zero-order valence-electron chi connectivity index (χ0n) is 15.3. The highest BCUT2D eigenvalue weighted by atomic mass is 127. The van der Waals surface area contributed by atoms with Crippen LogP contribution in [-0.4, -0.2) is 0 Å². The molecule has 0 atom stereocenters. The molecule has 0 nitrogen and oxygen atoms in total. The number of benzene rings is 4. The molecule has 0 N–H and O–H groups in total. The van der Waals surface area contributed by atoms with Crippen LogP contribution in [0.1, 0.15) is 5.56 Å². The Kier molecular flexibility index (Phi) is 6.46. The highest BCUT2D eigenvalue weighted by Crippen LogP contribution is 2.54. The van der Waals surface area contributed by atoms with Crippen LogP contribution in [0.15, 0.2) is 115 Å². The van der Waals surface area contributed by atoms with E-state index in [2.05, 4.69) is 122 Å². The molecule has 0 aliphatic rings. The predicted octanol–water partition coefficient (Wildman–Crippen LogP) is 1.62. The molecular formula is C25H22IP. The van der Waals surface area contributed by atoms with Gasteiger partial charge in [-0.2, -0.15) is 0 Å². The molecule has 0 amide bonds. The van der Waals surface area contributed by atoms with E-state index in [1.165, 1.54) is 26.8 Å². The molecule has 0 aliphatic carbocycles. The first-order valence-electron chi connectivity index (χ1n) is 8.95. The van der Waals surface area contributed by atoms with Crippen molar-refractivity contribution in [3.05, 3.63) is 121 Å². The van der Waals surface area contributed by atoms with E-state index in [0.717, 1.165) is 0 Å². The summed E-state index contributed by atoms with van der Waals surface area (Å²) in [5.41, 5.74) is 1.34. The van der Waals surface area contributed by atoms with Gasteiger partial charge in [-0.3, -0.25) is 0 Å². The third-order valence-electron chi connectivity index (χ3n) is 4.91. The zero-order valence-corrected chi connectivity index (χ0v) is 18.3. The van der Waals surface area contributed by atoms with Crippen molar-refractivity contribution in [3.8, 4) is 0 Å². The van der Waals surface area contributed by atoms with Crippen molar-refractivity contribution in [2.24, 2.45) is 0 Å². The minimum Gasteiger partial charge on any atom is -1.00 e. The molecule has 0 heterocycles. The first-order valence-corrected chi connectivity index (χ1v) is 10.7. The first-order chi connectivity index (χ1) is 12.8. The number of halogens is 1. The minimum atomic E-state index is -1.94. The quantitative estimate of drug-likeness (QED) is 0.308. The third-order valence-corrected chi connectivity index (χ3v) is 9.35. The fourth-order valence-electron chi connectivity index (χ4n) is 3.76. The summed E-state index contributed by atoms with van der Waals surface area (Å²) in [6.45, 7) is 2.24. The highest BCUT2D eigenvalue weighted by Gasteiger charge is 2.48. The Bertz CT molecular complexity index is 886. The Balaban J connectivity index is 0.00000210. The molecule has 4 rings (SSSR count). The molecule has 0 aromatic heterocycles. The van der Waals surface area contributed by atoms with Crippen LogP contribution in [-0.2, 0) is 0 Å². The van der Waals surface area contributed by atoms with E-state index < -0.39 is 7.26 Å². The van der Waals surface area contributed by atoms with E-state index in [4.69, 9.17) is 0 Å². The van der Waals surface area contributed by atoms with Gasteiger partial charge in [-0.05, 0) is 55.0 Å². The Morgan fingerprint density at radius 1 is 0.444 bits per heavy atom. The van der Waals surface area contributed by atoms with Gasteiger partial charge in [0, 0.05) is 0 Å². The van der Waals surface area contributed by atoms with Crippen molar-refractivity contribution in [1.82, 2.24) is 0 Å². The van der Waals surface area contributed by atoms with Crippen molar-refractivity contribution >= 4 is 28.5 Å². The van der Waals surface area contributed by atoms with E-state index in [9.17, 15) is 0 Å². The smallest absolute Gasteiger partial charge is 0.144 e. The topological polar surface area (TPSA) is 0 Å². The lowest BCUT2D eigenvalue weighted by molar-refractivity contribution is -0.00000501. The van der Waals surface area contributed by atoms with Crippen molar-refractivity contribution < 1.29 is 24.0 Å². The molecule has 4 aromatic rings. The van der Waals surface area contributed by atoms with Gasteiger partial charge in [-0.1, -0.05) is 72.8 Å². The van der Waals surface area contributed by atoms with Crippen molar-refractivity contribution in [3.63, 3.8) is 0 Å². The van der Waals surface area contributed by atoms with Crippen molar-refractivity contribution in [2.75, 3.05) is 0 Å². The van der Waals surface area contributed by atoms with Crippen LogP contribution >= 0.6 is 7.26 Å². The van der Waals surface area contributed by atoms with Gasteiger partial charge in [0.05, 0.1) is 0 Å². The maximum atomic E-state index is 2.32. The lowest BCUT2D eigenvalue weighted by Crippen LogP contribution is -3.00. The highest BCUT2D eigenvalue weighted by molar-refractivity contribution is 8.01. The van der Waals surface area contributed by atoms with Gasteiger partial charge in [0.2, 0.25) is 0 Å². The molecular weight excluding hydrogens is 458 g/mol. The summed E-state index contributed by atoms with van der Waals surface area (Å²) in [4.78, 5) is 0. The molecule has 0 radical (unpaired) electrons. The number of rotatable bonds is 4. The zero-order chi connectivity index (χ0) is 17.8. The summed E-state index contributed by atoms with van der Waals surface area (Å²) >= 11 is 0. The summed E-state index contributed by atoms with van der Waals surface area (Å²) in [6.07, 6.45) is 0. The molecule has 0 saturated heterocycles. The lowest BCUT2D eigenvalue weighted by Gasteiger charge is -2.28. The van der Waals surface area contributed by atoms with Crippen LogP contribution < -0.4 is 45.2 Å². The molecule has 0 spiro atoms. The van der Waals surface area contributed by atoms with Gasteiger partial charge >= 0.3 is 0 Å². The minimum absolute atomic E-state index is 0. The monoisotopic (exact) mass is 480 g/mol. The van der Waals surface area contributed by atoms with Gasteiger partial charge in [-0.15, -0.1) is 0 Å². The molecule has 2 heteroatoms. The molecule has 27 heavy (non-hydrogen) atoms. The normalized spacial score (nSPS) is 10.9. The van der Waals surface area contributed by atoms with Crippen LogP contribution in [0.4, 0.5) is 0 Å². The van der Waals surface area contributed by atoms with Crippen LogP contribution in [0, 0.1) is 6.92 Å². The maximum Gasteiger partial charge on any atom is 0.144 e. The Hall–Kier alpha value is -1.96. The standard InChI is InChI=1S/C25H22P.HI/c1-21-13-11-12-20-25(21)26(22-14-5-2-6-15-22,23-16-7-3-8-17-23)24-18-9-4-10-19-24;/h2-20H,1H3;1H/q+1;/p-1. The van der Waals surface area contributed by atoms with Crippen molar-refractivity contribution in [2.45, 2.75) is 6.92 Å². The van der Waals surface area contributed by atoms with Gasteiger partial charge in [0.1, 0.15) is 28.5 Å². The summed E-state index contributed by atoms with van der Waals surface area (Å²) in [5, 5.41) is 5.62. The fraction of sp³-hybridized carbons (Fsp3) is 0.0400. The fourth-order valence-corrected chi connectivity index (χ4v) is 8.26. The average molecular weight is 480 g/mol. The van der Waals surface area contributed by atoms with E-state index in [-0.39, 0.29) is 24.0 Å². The molecule has 134 valence electrons. The summed E-state index contributed by atoms with van der Waals surface area (Å²) < 4.78 is 0. The van der Waals surface area contributed by atoms with Gasteiger partial charge in [0.15, 0.2) is 0 Å². The second kappa shape index (κ2) is 8.82. The van der Waals surface area contributed by atoms with Gasteiger partial charge in [-0.25, -0.2) is 0 Å². The number of hydrogen-bond acceptors (Lipinski definition) is 0. The van der Waals surface area contributed by atoms with Gasteiger partial charge in [0.25, 0.3) is 0 Å². The molecule has 0 bridgehead atoms. The van der Waals surface area contributed by atoms with E-state index >= 15 is 0 Å². The second-order valence-electron chi connectivity index (χ2n) is 6.46. The number of hydrogen-bond donors (Lipinski definition) is 0. The Morgan fingerprint density at radius 3 is 1.15 bits per heavy atom. The maximum absolute atomic E-state index is 2.32. The molecule has 0 aliphatic heterocycles. The molecule has 0 saturated carbocycles. The molecule has 4 aromatic carbocycles. The average Bonchev–Trinajstić information content (AvgIpc) is 2.72. The summed E-state index contributed by atoms with van der Waals surface area (Å²) in [7, 11) is -1.94. The van der Waals surface area contributed by atoms with E-state index in [0.29, 0.717) is 0 Å². The third kappa shape index (κ3) is 3.59. The Labute approximate surface area is 179 Å². The molecule has 0 fully saturated rings. The Morgan fingerprint density at radius 2 is 0.778 bits per heavy atom. The largest absolute Gasteiger partial charge is 1.00 e. The lowest BCUT2D eigenvalue weighted by atomic mass is 10.2. The van der Waals surface area contributed by atoms with Gasteiger partial charge < -0.3 is 24.0 Å². The number of aryl methyl sites for hydroxylation is 1. The van der Waals surface area contributed by atoms with Crippen LogP contribution in [0.5, 0.6) is 0 Å². The van der Waals surface area contributed by atoms with E-state index in [1.54, 1.807) is 0 Å². The van der Waals surface area contributed by atoms with Crippen LogP contribution in [0.3, 0.4) is 0 Å². The predicted molar refractivity (Wildman–Crippen MR) is 116 cm³/mol. The van der Waals surface area contributed by atoms with Crippen LogP contribution in [0.2, 0.25) is 0 Å². The summed E-state index contributed by atoms with van der Waals surface area (Å²) in [6, 6.07) is 41.9. The summed E-state index contributed by atoms with van der Waals surface area (Å²) in [5.74, 6) is 0.